The summed E-state index contributed by atoms with van der Waals surface area (Å²) in [4.78, 5) is 6.61. The molecule has 1 atom stereocenters. The van der Waals surface area contributed by atoms with Crippen LogP contribution < -0.4 is 5.32 Å². The Morgan fingerprint density at radius 1 is 1.31 bits per heavy atom. The fourth-order valence-electron chi connectivity index (χ4n) is 4.87. The van der Waals surface area contributed by atoms with E-state index in [-0.39, 0.29) is 11.5 Å². The van der Waals surface area contributed by atoms with E-state index in [4.69, 9.17) is 4.74 Å². The number of alkyl halides is 3. The minimum absolute atomic E-state index is 0.0973. The Labute approximate surface area is 186 Å². The Bertz CT molecular complexity index is 949. The van der Waals surface area contributed by atoms with Gasteiger partial charge >= 0.3 is 6.18 Å². The summed E-state index contributed by atoms with van der Waals surface area (Å²) < 4.78 is 47.6. The second-order valence-corrected chi connectivity index (χ2v) is 8.72. The highest BCUT2D eigenvalue weighted by molar-refractivity contribution is 5.80. The van der Waals surface area contributed by atoms with E-state index in [1.165, 1.54) is 12.1 Å². The molecule has 0 spiro atoms. The van der Waals surface area contributed by atoms with E-state index in [1.54, 1.807) is 11.7 Å². The van der Waals surface area contributed by atoms with Gasteiger partial charge in [0.25, 0.3) is 0 Å². The highest BCUT2D eigenvalue weighted by atomic mass is 19.4. The topological polar surface area (TPSA) is 54.7 Å². The molecule has 0 amide bonds. The van der Waals surface area contributed by atoms with Crippen LogP contribution in [0.25, 0.3) is 0 Å². The molecule has 4 rings (SSSR count). The number of morpholine rings is 1. The van der Waals surface area contributed by atoms with Crippen molar-refractivity contribution in [2.24, 2.45) is 12.0 Å². The Morgan fingerprint density at radius 3 is 2.75 bits per heavy atom. The van der Waals surface area contributed by atoms with Crippen LogP contribution in [0.2, 0.25) is 0 Å². The van der Waals surface area contributed by atoms with Crippen LogP contribution in [0.5, 0.6) is 0 Å². The van der Waals surface area contributed by atoms with Crippen molar-refractivity contribution in [3.8, 4) is 0 Å². The first kappa shape index (κ1) is 22.6. The number of nitrogens with zero attached hydrogens (tertiary/aromatic N) is 4. The van der Waals surface area contributed by atoms with E-state index in [0.29, 0.717) is 26.2 Å². The van der Waals surface area contributed by atoms with Gasteiger partial charge in [0, 0.05) is 44.4 Å². The lowest BCUT2D eigenvalue weighted by molar-refractivity contribution is -0.137. The number of aliphatic imine (C=N–C) groups is 1. The fraction of sp³-hybridized carbons (Fsp3) is 0.565. The van der Waals surface area contributed by atoms with Gasteiger partial charge in [-0.1, -0.05) is 31.0 Å². The molecule has 0 bridgehead atoms. The molecule has 2 aliphatic rings. The van der Waals surface area contributed by atoms with Crippen molar-refractivity contribution >= 4 is 5.96 Å². The second kappa shape index (κ2) is 9.13. The van der Waals surface area contributed by atoms with Crippen LogP contribution in [0.4, 0.5) is 13.2 Å². The third kappa shape index (κ3) is 4.77. The molecule has 6 nitrogen and oxygen atoms in total. The van der Waals surface area contributed by atoms with Crippen LogP contribution in [0.1, 0.15) is 48.5 Å². The molecule has 0 radical (unpaired) electrons. The minimum atomic E-state index is -4.34. The standard InChI is InChI=1S/C23H30F3N5O/c1-27-21(31-10-11-32-20(15-31)17-13-29-30(2)14-17)28-16-22(8-3-4-9-22)18-6-5-7-19(12-18)23(24,25)26/h5-7,12-14,20H,3-4,8-11,15-16H2,1-2H3,(H,27,28). The van der Waals surface area contributed by atoms with Crippen molar-refractivity contribution in [2.45, 2.75) is 43.4 Å². The molecule has 1 aromatic carbocycles. The maximum Gasteiger partial charge on any atom is 0.416 e. The maximum absolute atomic E-state index is 13.3. The van der Waals surface area contributed by atoms with E-state index < -0.39 is 11.7 Å². The Morgan fingerprint density at radius 2 is 2.09 bits per heavy atom. The predicted molar refractivity (Wildman–Crippen MR) is 116 cm³/mol. The first-order valence-electron chi connectivity index (χ1n) is 11.0. The number of ether oxygens (including phenoxy) is 1. The number of halogens is 3. The number of hydrogen-bond acceptors (Lipinski definition) is 3. The van der Waals surface area contributed by atoms with Gasteiger partial charge in [0.1, 0.15) is 6.10 Å². The Hall–Kier alpha value is -2.55. The summed E-state index contributed by atoms with van der Waals surface area (Å²) in [7, 11) is 3.61. The third-order valence-corrected chi connectivity index (χ3v) is 6.62. The number of aryl methyl sites for hydroxylation is 1. The van der Waals surface area contributed by atoms with Crippen LogP contribution in [0.15, 0.2) is 41.7 Å². The number of benzene rings is 1. The lowest BCUT2D eigenvalue weighted by atomic mass is 9.78. The molecule has 2 heterocycles. The zero-order valence-corrected chi connectivity index (χ0v) is 18.5. The summed E-state index contributed by atoms with van der Waals surface area (Å²) in [6, 6.07) is 5.82. The molecule has 2 fully saturated rings. The van der Waals surface area contributed by atoms with Crippen molar-refractivity contribution < 1.29 is 17.9 Å². The molecule has 1 saturated heterocycles. The van der Waals surface area contributed by atoms with Crippen molar-refractivity contribution in [1.82, 2.24) is 20.0 Å². The SMILES string of the molecule is CN=C(NCC1(c2cccc(C(F)(F)F)c2)CCCC1)N1CCOC(c2cnn(C)c2)C1. The quantitative estimate of drug-likeness (QED) is 0.568. The van der Waals surface area contributed by atoms with Crippen molar-refractivity contribution in [3.05, 3.63) is 53.3 Å². The van der Waals surface area contributed by atoms with Gasteiger partial charge in [0.15, 0.2) is 5.96 Å². The second-order valence-electron chi connectivity index (χ2n) is 8.72. The van der Waals surface area contributed by atoms with Crippen LogP contribution >= 0.6 is 0 Å². The summed E-state index contributed by atoms with van der Waals surface area (Å²) in [5.74, 6) is 0.750. The highest BCUT2D eigenvalue weighted by Gasteiger charge is 2.38. The number of aromatic nitrogens is 2. The first-order chi connectivity index (χ1) is 15.3. The predicted octanol–water partition coefficient (Wildman–Crippen LogP) is 3.90. The zero-order valence-electron chi connectivity index (χ0n) is 18.5. The van der Waals surface area contributed by atoms with Gasteiger partial charge in [-0.3, -0.25) is 9.67 Å². The average molecular weight is 450 g/mol. The highest BCUT2D eigenvalue weighted by Crippen LogP contribution is 2.42. The van der Waals surface area contributed by atoms with Crippen LogP contribution in [-0.4, -0.2) is 53.9 Å². The Balaban J connectivity index is 1.48. The lowest BCUT2D eigenvalue weighted by Crippen LogP contribution is -2.51. The zero-order chi connectivity index (χ0) is 22.8. The molecular formula is C23H30F3N5O. The minimum Gasteiger partial charge on any atom is -0.370 e. The van der Waals surface area contributed by atoms with Gasteiger partial charge in [-0.2, -0.15) is 18.3 Å². The van der Waals surface area contributed by atoms with Gasteiger partial charge in [-0.25, -0.2) is 0 Å². The van der Waals surface area contributed by atoms with Gasteiger partial charge in [-0.05, 0) is 24.5 Å². The van der Waals surface area contributed by atoms with Crippen LogP contribution in [0.3, 0.4) is 0 Å². The van der Waals surface area contributed by atoms with Crippen LogP contribution in [0, 0.1) is 0 Å². The normalized spacial score (nSPS) is 21.7. The van der Waals surface area contributed by atoms with E-state index in [1.807, 2.05) is 25.5 Å². The van der Waals surface area contributed by atoms with Gasteiger partial charge < -0.3 is 15.0 Å². The third-order valence-electron chi connectivity index (χ3n) is 6.62. The largest absolute Gasteiger partial charge is 0.416 e. The van der Waals surface area contributed by atoms with E-state index in [2.05, 4.69) is 20.3 Å². The van der Waals surface area contributed by atoms with Crippen molar-refractivity contribution in [1.29, 1.82) is 0 Å². The van der Waals surface area contributed by atoms with E-state index >= 15 is 0 Å². The number of rotatable bonds is 4. The van der Waals surface area contributed by atoms with Crippen LogP contribution in [-0.2, 0) is 23.4 Å². The summed E-state index contributed by atoms with van der Waals surface area (Å²) >= 11 is 0. The molecule has 174 valence electrons. The maximum atomic E-state index is 13.3. The fourth-order valence-corrected chi connectivity index (χ4v) is 4.87. The lowest BCUT2D eigenvalue weighted by Gasteiger charge is -2.37. The average Bonchev–Trinajstić information content (AvgIpc) is 3.44. The Kier molecular flexibility index (Phi) is 6.46. The van der Waals surface area contributed by atoms with Crippen molar-refractivity contribution in [2.75, 3.05) is 33.3 Å². The van der Waals surface area contributed by atoms with E-state index in [0.717, 1.165) is 48.8 Å². The molecule has 9 heteroatoms. The summed E-state index contributed by atoms with van der Waals surface area (Å²) in [5.41, 5.74) is 0.858. The van der Waals surface area contributed by atoms with Crippen molar-refractivity contribution in [3.63, 3.8) is 0 Å². The molecule has 1 aliphatic carbocycles. The van der Waals surface area contributed by atoms with E-state index in [9.17, 15) is 13.2 Å². The van der Waals surface area contributed by atoms with Gasteiger partial charge in [0.05, 0.1) is 24.9 Å². The smallest absolute Gasteiger partial charge is 0.370 e. The summed E-state index contributed by atoms with van der Waals surface area (Å²) in [6.45, 7) is 2.46. The first-order valence-corrected chi connectivity index (χ1v) is 11.0. The molecule has 1 aromatic heterocycles. The monoisotopic (exact) mass is 449 g/mol. The number of hydrogen-bond donors (Lipinski definition) is 1. The molecule has 32 heavy (non-hydrogen) atoms. The molecule has 1 unspecified atom stereocenters. The molecule has 1 saturated carbocycles. The van der Waals surface area contributed by atoms with Gasteiger partial charge in [-0.15, -0.1) is 0 Å². The molecular weight excluding hydrogens is 419 g/mol. The summed E-state index contributed by atoms with van der Waals surface area (Å²) in [6.07, 6.45) is 3.07. The van der Waals surface area contributed by atoms with Gasteiger partial charge in [0.2, 0.25) is 0 Å². The molecule has 1 N–H and O–H groups in total. The number of guanidine groups is 1. The molecule has 2 aromatic rings. The number of nitrogens with one attached hydrogen (secondary N) is 1. The summed E-state index contributed by atoms with van der Waals surface area (Å²) in [5, 5.41) is 7.70. The molecule has 1 aliphatic heterocycles.